The van der Waals surface area contributed by atoms with Gasteiger partial charge in [0.15, 0.2) is 11.5 Å². The van der Waals surface area contributed by atoms with Gasteiger partial charge in [0, 0.05) is 12.1 Å². The van der Waals surface area contributed by atoms with Crippen LogP contribution < -0.4 is 4.74 Å². The van der Waals surface area contributed by atoms with Crippen molar-refractivity contribution in [3.63, 3.8) is 0 Å². The second-order valence-corrected chi connectivity index (χ2v) is 3.42. The number of hydrogen-bond donors (Lipinski definition) is 1. The standard InChI is InChI=1S/C11H10N4O2/c1-2-16-9-4-3-7-10(13-9)14-11(12-7)8-5-6-17-15-8/h3-6H,2H2,1H3,(H,12,13,14). The maximum absolute atomic E-state index is 5.31. The molecule has 0 amide bonds. The molecule has 0 radical (unpaired) electrons. The van der Waals surface area contributed by atoms with Crippen LogP contribution in [-0.2, 0) is 0 Å². The first-order chi connectivity index (χ1) is 8.36. The second kappa shape index (κ2) is 3.89. The number of nitrogens with one attached hydrogen (secondary N) is 1. The Bertz CT molecular complexity index is 630. The van der Waals surface area contributed by atoms with Crippen molar-refractivity contribution in [2.24, 2.45) is 0 Å². The average molecular weight is 230 g/mol. The van der Waals surface area contributed by atoms with Gasteiger partial charge in [-0.3, -0.25) is 0 Å². The Morgan fingerprint density at radius 3 is 3.00 bits per heavy atom. The highest BCUT2D eigenvalue weighted by molar-refractivity contribution is 5.75. The van der Waals surface area contributed by atoms with Crippen LogP contribution in [0.25, 0.3) is 22.7 Å². The summed E-state index contributed by atoms with van der Waals surface area (Å²) < 4.78 is 10.1. The van der Waals surface area contributed by atoms with Crippen LogP contribution in [0.2, 0.25) is 0 Å². The Balaban J connectivity index is 2.07. The molecule has 0 unspecified atom stereocenters. The number of pyridine rings is 1. The van der Waals surface area contributed by atoms with Gasteiger partial charge >= 0.3 is 0 Å². The molecule has 86 valence electrons. The Kier molecular flexibility index (Phi) is 2.25. The van der Waals surface area contributed by atoms with Gasteiger partial charge in [-0.1, -0.05) is 5.16 Å². The van der Waals surface area contributed by atoms with Gasteiger partial charge in [0.05, 0.1) is 12.1 Å². The summed E-state index contributed by atoms with van der Waals surface area (Å²) in [6.07, 6.45) is 1.50. The number of nitrogens with zero attached hydrogens (tertiary/aromatic N) is 3. The van der Waals surface area contributed by atoms with E-state index in [1.54, 1.807) is 12.1 Å². The highest BCUT2D eigenvalue weighted by atomic mass is 16.5. The molecule has 17 heavy (non-hydrogen) atoms. The third-order valence-corrected chi connectivity index (χ3v) is 2.29. The van der Waals surface area contributed by atoms with Crippen LogP contribution in [0.4, 0.5) is 0 Å². The quantitative estimate of drug-likeness (QED) is 0.744. The van der Waals surface area contributed by atoms with Crippen LogP contribution in [0.15, 0.2) is 29.0 Å². The maximum atomic E-state index is 5.31. The molecular weight excluding hydrogens is 220 g/mol. The van der Waals surface area contributed by atoms with E-state index in [1.165, 1.54) is 6.26 Å². The van der Waals surface area contributed by atoms with Crippen LogP contribution in [0.5, 0.6) is 5.88 Å². The molecule has 6 nitrogen and oxygen atoms in total. The molecule has 3 heterocycles. The molecule has 0 atom stereocenters. The summed E-state index contributed by atoms with van der Waals surface area (Å²) >= 11 is 0. The largest absolute Gasteiger partial charge is 0.478 e. The van der Waals surface area contributed by atoms with Gasteiger partial charge < -0.3 is 14.2 Å². The topological polar surface area (TPSA) is 76.8 Å². The lowest BCUT2D eigenvalue weighted by Crippen LogP contribution is -1.93. The van der Waals surface area contributed by atoms with E-state index in [9.17, 15) is 0 Å². The van der Waals surface area contributed by atoms with Crippen LogP contribution in [0, 0.1) is 0 Å². The molecule has 3 aromatic heterocycles. The zero-order chi connectivity index (χ0) is 11.7. The molecule has 0 saturated heterocycles. The van der Waals surface area contributed by atoms with Crippen LogP contribution >= 0.6 is 0 Å². The fourth-order valence-electron chi connectivity index (χ4n) is 1.56. The predicted molar refractivity (Wildman–Crippen MR) is 60.6 cm³/mol. The maximum Gasteiger partial charge on any atom is 0.215 e. The van der Waals surface area contributed by atoms with Gasteiger partial charge in [0.2, 0.25) is 5.88 Å². The van der Waals surface area contributed by atoms with Crippen molar-refractivity contribution in [3.8, 4) is 17.4 Å². The highest BCUT2D eigenvalue weighted by Crippen LogP contribution is 2.19. The molecule has 0 bridgehead atoms. The zero-order valence-electron chi connectivity index (χ0n) is 9.17. The van der Waals surface area contributed by atoms with Crippen LogP contribution in [0.1, 0.15) is 6.92 Å². The molecule has 1 N–H and O–H groups in total. The molecule has 0 fully saturated rings. The summed E-state index contributed by atoms with van der Waals surface area (Å²) in [5, 5.41) is 3.81. The minimum Gasteiger partial charge on any atom is -0.478 e. The number of aromatic amines is 1. The van der Waals surface area contributed by atoms with Crippen molar-refractivity contribution in [1.82, 2.24) is 20.1 Å². The normalized spacial score (nSPS) is 10.9. The minimum atomic E-state index is 0.568. The van der Waals surface area contributed by atoms with E-state index in [-0.39, 0.29) is 0 Å². The summed E-state index contributed by atoms with van der Waals surface area (Å²) in [4.78, 5) is 11.7. The van der Waals surface area contributed by atoms with E-state index in [1.807, 2.05) is 13.0 Å². The number of rotatable bonds is 3. The smallest absolute Gasteiger partial charge is 0.215 e. The van der Waals surface area contributed by atoms with Gasteiger partial charge in [-0.15, -0.1) is 0 Å². The van der Waals surface area contributed by atoms with Crippen molar-refractivity contribution in [2.75, 3.05) is 6.61 Å². The summed E-state index contributed by atoms with van der Waals surface area (Å²) in [6, 6.07) is 5.42. The molecule has 0 aliphatic rings. The Hall–Kier alpha value is -2.37. The number of H-pyrrole nitrogens is 1. The number of aromatic nitrogens is 4. The first kappa shape index (κ1) is 9.83. The lowest BCUT2D eigenvalue weighted by atomic mass is 10.4. The minimum absolute atomic E-state index is 0.568. The van der Waals surface area contributed by atoms with E-state index in [4.69, 9.17) is 9.26 Å². The van der Waals surface area contributed by atoms with Crippen LogP contribution in [-0.4, -0.2) is 26.7 Å². The van der Waals surface area contributed by atoms with Crippen molar-refractivity contribution in [3.05, 3.63) is 24.5 Å². The molecule has 0 aliphatic heterocycles. The van der Waals surface area contributed by atoms with Crippen molar-refractivity contribution < 1.29 is 9.26 Å². The highest BCUT2D eigenvalue weighted by Gasteiger charge is 2.09. The fraction of sp³-hybridized carbons (Fsp3) is 0.182. The Morgan fingerprint density at radius 2 is 2.24 bits per heavy atom. The molecule has 0 spiro atoms. The van der Waals surface area contributed by atoms with Gasteiger partial charge in [0.1, 0.15) is 12.0 Å². The predicted octanol–water partition coefficient (Wildman–Crippen LogP) is 2.01. The first-order valence-corrected chi connectivity index (χ1v) is 5.27. The molecular formula is C11H10N4O2. The summed E-state index contributed by atoms with van der Waals surface area (Å²) in [5.74, 6) is 1.20. The molecule has 0 aromatic carbocycles. The van der Waals surface area contributed by atoms with Gasteiger partial charge in [-0.05, 0) is 13.0 Å². The monoisotopic (exact) mass is 230 g/mol. The lowest BCUT2D eigenvalue weighted by Gasteiger charge is -1.99. The molecule has 0 aliphatic carbocycles. The van der Waals surface area contributed by atoms with Gasteiger partial charge in [0.25, 0.3) is 0 Å². The molecule has 3 aromatic rings. The number of ether oxygens (including phenoxy) is 1. The third kappa shape index (κ3) is 1.73. The summed E-state index contributed by atoms with van der Waals surface area (Å²) in [7, 11) is 0. The summed E-state index contributed by atoms with van der Waals surface area (Å²) in [5.41, 5.74) is 2.10. The SMILES string of the molecule is CCOc1ccc2[nH]c(-c3ccon3)nc2n1. The van der Waals surface area contributed by atoms with Crippen molar-refractivity contribution in [2.45, 2.75) is 6.92 Å². The van der Waals surface area contributed by atoms with Crippen LogP contribution in [0.3, 0.4) is 0 Å². The van der Waals surface area contributed by atoms with Crippen molar-refractivity contribution in [1.29, 1.82) is 0 Å². The number of imidazole rings is 1. The molecule has 0 saturated carbocycles. The number of hydrogen-bond acceptors (Lipinski definition) is 5. The zero-order valence-corrected chi connectivity index (χ0v) is 9.17. The molecule has 3 rings (SSSR count). The van der Waals surface area contributed by atoms with E-state index in [2.05, 4.69) is 20.1 Å². The second-order valence-electron chi connectivity index (χ2n) is 3.42. The lowest BCUT2D eigenvalue weighted by molar-refractivity contribution is 0.328. The summed E-state index contributed by atoms with van der Waals surface area (Å²) in [6.45, 7) is 2.50. The average Bonchev–Trinajstić information content (AvgIpc) is 2.97. The third-order valence-electron chi connectivity index (χ3n) is 2.29. The van der Waals surface area contributed by atoms with E-state index in [0.29, 0.717) is 29.7 Å². The first-order valence-electron chi connectivity index (χ1n) is 5.27. The van der Waals surface area contributed by atoms with Gasteiger partial charge in [-0.2, -0.15) is 4.98 Å². The number of fused-ring (bicyclic) bond motifs is 1. The Labute approximate surface area is 96.6 Å². The van der Waals surface area contributed by atoms with E-state index < -0.39 is 0 Å². The van der Waals surface area contributed by atoms with Crippen molar-refractivity contribution >= 4 is 11.2 Å². The fourth-order valence-corrected chi connectivity index (χ4v) is 1.56. The van der Waals surface area contributed by atoms with E-state index in [0.717, 1.165) is 5.52 Å². The Morgan fingerprint density at radius 1 is 1.29 bits per heavy atom. The van der Waals surface area contributed by atoms with Gasteiger partial charge in [-0.25, -0.2) is 4.98 Å². The van der Waals surface area contributed by atoms with E-state index >= 15 is 0 Å². The molecule has 6 heteroatoms.